The topological polar surface area (TPSA) is 47.6 Å². The molecule has 1 N–H and O–H groups in total. The molecule has 0 saturated carbocycles. The summed E-state index contributed by atoms with van der Waals surface area (Å²) in [4.78, 5) is 16.2. The minimum Gasteiger partial charge on any atom is -0.543 e. The highest BCUT2D eigenvalue weighted by atomic mass is 35.5. The Bertz CT molecular complexity index is 634. The molecule has 0 bridgehead atoms. The first-order valence-electron chi connectivity index (χ1n) is 9.04. The van der Waals surface area contributed by atoms with Crippen molar-refractivity contribution in [3.8, 4) is 5.75 Å². The van der Waals surface area contributed by atoms with Gasteiger partial charge in [0.15, 0.2) is 0 Å². The zero-order chi connectivity index (χ0) is 20.3. The Kier molecular flexibility index (Phi) is 7.75. The van der Waals surface area contributed by atoms with Gasteiger partial charge in [0.2, 0.25) is 16.6 Å². The number of carbonyl (C=O) groups excluding carboxylic acids is 1. The van der Waals surface area contributed by atoms with E-state index in [1.165, 1.54) is 0 Å². The van der Waals surface area contributed by atoms with Crippen LogP contribution in [0.4, 0.5) is 0 Å². The zero-order valence-electron chi connectivity index (χ0n) is 17.6. The molecule has 26 heavy (non-hydrogen) atoms. The van der Waals surface area contributed by atoms with Crippen LogP contribution in [0.1, 0.15) is 5.56 Å². The third-order valence-electron chi connectivity index (χ3n) is 3.15. The van der Waals surface area contributed by atoms with Gasteiger partial charge in [-0.3, -0.25) is 4.79 Å². The first-order chi connectivity index (χ1) is 11.6. The number of halogens is 1. The molecule has 0 saturated heterocycles. The Morgan fingerprint density at radius 3 is 2.04 bits per heavy atom. The average molecular weight is 432 g/mol. The van der Waals surface area contributed by atoms with E-state index in [1.807, 2.05) is 37.8 Å². The monoisotopic (exact) mass is 431 g/mol. The molecule has 0 aromatic heterocycles. The highest BCUT2D eigenvalue weighted by Crippen LogP contribution is 2.28. The Hall–Kier alpha value is -0.609. The molecule has 4 nitrogen and oxygen atoms in total. The van der Waals surface area contributed by atoms with Crippen molar-refractivity contribution in [2.75, 3.05) is 0 Å². The highest BCUT2D eigenvalue weighted by Gasteiger charge is 2.30. The fraction of sp³-hybridized carbons (Fsp3) is 0.611. The van der Waals surface area contributed by atoms with Crippen molar-refractivity contribution < 1.29 is 13.6 Å². The van der Waals surface area contributed by atoms with E-state index in [9.17, 15) is 4.79 Å². The molecule has 0 aliphatic rings. The van der Waals surface area contributed by atoms with E-state index in [-0.39, 0.29) is 12.0 Å². The van der Waals surface area contributed by atoms with Crippen LogP contribution in [0, 0.1) is 0 Å². The highest BCUT2D eigenvalue weighted by molar-refractivity contribution is 6.74. The van der Waals surface area contributed by atoms with Crippen molar-refractivity contribution in [2.24, 2.45) is 0 Å². The lowest BCUT2D eigenvalue weighted by Crippen LogP contribution is -2.54. The van der Waals surface area contributed by atoms with Crippen molar-refractivity contribution in [2.45, 2.75) is 71.4 Å². The van der Waals surface area contributed by atoms with Crippen LogP contribution in [-0.2, 0) is 15.6 Å². The summed E-state index contributed by atoms with van der Waals surface area (Å²) >= 11 is 6.41. The first kappa shape index (κ1) is 23.4. The molecular weight excluding hydrogens is 398 g/mol. The lowest BCUT2D eigenvalue weighted by molar-refractivity contribution is -0.137. The standard InChI is InChI=1S/C18H34ClNO3Si3/c1-24(2,3)20-16(18(21)23-26(7,8)9)13-14-10-11-17(15(19)12-14)22-25(4,5)6/h10-12,16,20H,13H2,1-9H3. The molecule has 0 amide bonds. The summed E-state index contributed by atoms with van der Waals surface area (Å²) in [6.07, 6.45) is 0.556. The fourth-order valence-corrected chi connectivity index (χ4v) is 5.56. The fourth-order valence-electron chi connectivity index (χ4n) is 2.41. The normalized spacial score (nSPS) is 14.1. The van der Waals surface area contributed by atoms with Crippen molar-refractivity contribution in [1.82, 2.24) is 4.98 Å². The number of nitrogens with one attached hydrogen (secondary N) is 1. The van der Waals surface area contributed by atoms with E-state index in [1.54, 1.807) is 0 Å². The molecule has 148 valence electrons. The van der Waals surface area contributed by atoms with Crippen LogP contribution in [0.2, 0.25) is 63.9 Å². The van der Waals surface area contributed by atoms with Crippen molar-refractivity contribution in [3.05, 3.63) is 28.8 Å². The quantitative estimate of drug-likeness (QED) is 0.569. The summed E-state index contributed by atoms with van der Waals surface area (Å²) in [6.45, 7) is 19.0. The van der Waals surface area contributed by atoms with Gasteiger partial charge in [-0.2, -0.15) is 0 Å². The van der Waals surface area contributed by atoms with Crippen LogP contribution >= 0.6 is 11.6 Å². The molecule has 0 spiro atoms. The SMILES string of the molecule is C[Si](C)(C)NC(Cc1ccc(O[Si](C)(C)C)c(Cl)c1)C(=O)O[Si](C)(C)C. The lowest BCUT2D eigenvalue weighted by Gasteiger charge is -2.29. The van der Waals surface area contributed by atoms with Gasteiger partial charge in [0.1, 0.15) is 20.0 Å². The maximum atomic E-state index is 12.7. The van der Waals surface area contributed by atoms with Crippen LogP contribution in [0.25, 0.3) is 0 Å². The van der Waals surface area contributed by atoms with E-state index in [0.717, 1.165) is 5.56 Å². The molecule has 0 aliphatic heterocycles. The Balaban J connectivity index is 3.00. The molecule has 1 unspecified atom stereocenters. The van der Waals surface area contributed by atoms with Crippen LogP contribution in [0.3, 0.4) is 0 Å². The summed E-state index contributed by atoms with van der Waals surface area (Å²) < 4.78 is 11.7. The number of benzene rings is 1. The third-order valence-corrected chi connectivity index (χ3v) is 6.31. The van der Waals surface area contributed by atoms with Crippen LogP contribution in [0.15, 0.2) is 18.2 Å². The van der Waals surface area contributed by atoms with Crippen molar-refractivity contribution in [3.63, 3.8) is 0 Å². The minimum atomic E-state index is -1.94. The van der Waals surface area contributed by atoms with Gasteiger partial charge in [-0.15, -0.1) is 0 Å². The van der Waals surface area contributed by atoms with Crippen molar-refractivity contribution >= 4 is 42.4 Å². The van der Waals surface area contributed by atoms with E-state index < -0.39 is 24.9 Å². The molecule has 1 atom stereocenters. The molecule has 1 aromatic carbocycles. The van der Waals surface area contributed by atoms with Crippen LogP contribution < -0.4 is 9.41 Å². The summed E-state index contributed by atoms with van der Waals surface area (Å²) in [7, 11) is -5.31. The first-order valence-corrected chi connectivity index (χ1v) is 19.7. The second kappa shape index (κ2) is 8.60. The molecule has 8 heteroatoms. The van der Waals surface area contributed by atoms with Gasteiger partial charge < -0.3 is 13.8 Å². The van der Waals surface area contributed by atoms with Gasteiger partial charge in [0, 0.05) is 0 Å². The smallest absolute Gasteiger partial charge is 0.309 e. The Morgan fingerprint density at radius 1 is 1.04 bits per heavy atom. The maximum Gasteiger partial charge on any atom is 0.309 e. The molecule has 0 fully saturated rings. The van der Waals surface area contributed by atoms with Crippen LogP contribution in [-0.4, -0.2) is 36.9 Å². The molecule has 0 radical (unpaired) electrons. The van der Waals surface area contributed by atoms with Gasteiger partial charge in [0.05, 0.1) is 5.02 Å². The summed E-state index contributed by atoms with van der Waals surface area (Å²) in [5.74, 6) is 0.555. The molecule has 0 aliphatic carbocycles. The maximum absolute atomic E-state index is 12.7. The van der Waals surface area contributed by atoms with Crippen LogP contribution in [0.5, 0.6) is 5.75 Å². The second-order valence-corrected chi connectivity index (χ2v) is 23.7. The van der Waals surface area contributed by atoms with Gasteiger partial charge in [-0.25, -0.2) is 0 Å². The summed E-state index contributed by atoms with van der Waals surface area (Å²) in [5.41, 5.74) is 1.00. The van der Waals surface area contributed by atoms with E-state index in [4.69, 9.17) is 20.5 Å². The number of carbonyl (C=O) groups is 1. The predicted octanol–water partition coefficient (Wildman–Crippen LogP) is 5.27. The minimum absolute atomic E-state index is 0.162. The molecule has 1 rings (SSSR count). The lowest BCUT2D eigenvalue weighted by atomic mass is 10.1. The van der Waals surface area contributed by atoms with Gasteiger partial charge in [-0.05, 0) is 63.4 Å². The van der Waals surface area contributed by atoms with Gasteiger partial charge in [0.25, 0.3) is 0 Å². The Labute approximate surface area is 167 Å². The van der Waals surface area contributed by atoms with Gasteiger partial charge in [-0.1, -0.05) is 37.3 Å². The Morgan fingerprint density at radius 2 is 1.62 bits per heavy atom. The summed E-state index contributed by atoms with van der Waals surface area (Å²) in [6, 6.07) is 5.44. The van der Waals surface area contributed by atoms with E-state index in [0.29, 0.717) is 17.2 Å². The zero-order valence-corrected chi connectivity index (χ0v) is 21.4. The summed E-state index contributed by atoms with van der Waals surface area (Å²) in [5, 5.41) is 0.593. The number of hydrogen-bond acceptors (Lipinski definition) is 4. The number of rotatable bonds is 8. The van der Waals surface area contributed by atoms with Gasteiger partial charge >= 0.3 is 5.97 Å². The predicted molar refractivity (Wildman–Crippen MR) is 119 cm³/mol. The second-order valence-electron chi connectivity index (χ2n) is 9.66. The molecule has 0 heterocycles. The largest absolute Gasteiger partial charge is 0.543 e. The third kappa shape index (κ3) is 9.36. The molecule has 1 aromatic rings. The van der Waals surface area contributed by atoms with E-state index in [2.05, 4.69) is 44.3 Å². The van der Waals surface area contributed by atoms with Crippen molar-refractivity contribution in [1.29, 1.82) is 0 Å². The molecular formula is C18H34ClNO3Si3. The average Bonchev–Trinajstić information content (AvgIpc) is 2.36. The van der Waals surface area contributed by atoms with E-state index >= 15 is 0 Å². The number of hydrogen-bond donors (Lipinski definition) is 1.